The van der Waals surface area contributed by atoms with E-state index in [2.05, 4.69) is 42.5 Å². The third kappa shape index (κ3) is 3.05. The van der Waals surface area contributed by atoms with Crippen LogP contribution in [-0.2, 0) is 11.3 Å². The summed E-state index contributed by atoms with van der Waals surface area (Å²) in [6, 6.07) is 10.5. The van der Waals surface area contributed by atoms with Crippen LogP contribution in [0.15, 0.2) is 55.1 Å². The van der Waals surface area contributed by atoms with Gasteiger partial charge in [-0.15, -0.1) is 0 Å². The number of fused-ring (bicyclic) bond motifs is 5. The van der Waals surface area contributed by atoms with Crippen molar-refractivity contribution in [2.45, 2.75) is 25.4 Å². The van der Waals surface area contributed by atoms with Gasteiger partial charge < -0.3 is 14.4 Å². The van der Waals surface area contributed by atoms with Crippen molar-refractivity contribution in [3.8, 4) is 0 Å². The van der Waals surface area contributed by atoms with E-state index in [1.54, 1.807) is 12.4 Å². The normalized spacial score (nSPS) is 22.2. The van der Waals surface area contributed by atoms with E-state index < -0.39 is 0 Å². The van der Waals surface area contributed by atoms with Crippen molar-refractivity contribution < 1.29 is 4.79 Å². The van der Waals surface area contributed by atoms with E-state index in [1.807, 2.05) is 24.5 Å². The summed E-state index contributed by atoms with van der Waals surface area (Å²) in [7, 11) is 0. The van der Waals surface area contributed by atoms with Crippen molar-refractivity contribution in [1.29, 1.82) is 0 Å². The highest BCUT2D eigenvalue weighted by Gasteiger charge is 2.37. The zero-order valence-electron chi connectivity index (χ0n) is 15.2. The van der Waals surface area contributed by atoms with Crippen LogP contribution < -0.4 is 4.90 Å². The van der Waals surface area contributed by atoms with Crippen LogP contribution in [0.2, 0.25) is 0 Å². The third-order valence-corrected chi connectivity index (χ3v) is 5.89. The Bertz CT molecular complexity index is 953. The van der Waals surface area contributed by atoms with E-state index in [9.17, 15) is 4.79 Å². The van der Waals surface area contributed by atoms with Gasteiger partial charge in [-0.2, -0.15) is 0 Å². The lowest BCUT2D eigenvalue weighted by molar-refractivity contribution is -0.135. The van der Waals surface area contributed by atoms with Gasteiger partial charge in [0.2, 0.25) is 5.91 Å². The number of hydrogen-bond donors (Lipinski definition) is 0. The molecule has 0 saturated carbocycles. The number of rotatable bonds is 3. The molecule has 3 saturated heterocycles. The van der Waals surface area contributed by atoms with E-state index in [1.165, 1.54) is 11.8 Å². The maximum Gasteiger partial charge on any atom is 0.242 e. The first-order valence-corrected chi connectivity index (χ1v) is 9.62. The Balaban J connectivity index is 1.35. The molecule has 5 heterocycles. The number of amides is 1. The number of carbonyl (C=O) groups is 1. The molecule has 0 spiro atoms. The predicted molar refractivity (Wildman–Crippen MR) is 104 cm³/mol. The van der Waals surface area contributed by atoms with Crippen LogP contribution in [-0.4, -0.2) is 51.0 Å². The Morgan fingerprint density at radius 1 is 1.07 bits per heavy atom. The van der Waals surface area contributed by atoms with E-state index in [-0.39, 0.29) is 11.9 Å². The number of benzene rings is 1. The van der Waals surface area contributed by atoms with Crippen LogP contribution in [0.25, 0.3) is 10.9 Å². The topological polar surface area (TPSA) is 54.3 Å². The highest BCUT2D eigenvalue weighted by atomic mass is 16.2. The fourth-order valence-corrected chi connectivity index (χ4v) is 4.54. The Morgan fingerprint density at radius 2 is 2.00 bits per heavy atom. The second kappa shape index (κ2) is 6.68. The van der Waals surface area contributed by atoms with Crippen LogP contribution in [0.4, 0.5) is 5.82 Å². The van der Waals surface area contributed by atoms with Crippen molar-refractivity contribution in [2.24, 2.45) is 5.92 Å². The molecule has 1 aromatic carbocycles. The third-order valence-electron chi connectivity index (χ3n) is 5.89. The molecule has 1 amide bonds. The fourth-order valence-electron chi connectivity index (χ4n) is 4.54. The molecule has 3 fully saturated rings. The van der Waals surface area contributed by atoms with Gasteiger partial charge in [-0.05, 0) is 36.3 Å². The molecule has 3 aliphatic heterocycles. The molecule has 6 nitrogen and oxygen atoms in total. The van der Waals surface area contributed by atoms with Gasteiger partial charge >= 0.3 is 0 Å². The van der Waals surface area contributed by atoms with Gasteiger partial charge in [-0.1, -0.05) is 18.2 Å². The summed E-state index contributed by atoms with van der Waals surface area (Å²) in [6.07, 6.45) is 9.53. The minimum Gasteiger partial charge on any atom is -0.353 e. The van der Waals surface area contributed by atoms with Crippen molar-refractivity contribution in [1.82, 2.24) is 19.4 Å². The molecular formula is C21H23N5O. The molecule has 0 N–H and O–H groups in total. The van der Waals surface area contributed by atoms with Crippen LogP contribution in [0.1, 0.15) is 12.8 Å². The Labute approximate surface area is 158 Å². The van der Waals surface area contributed by atoms with Gasteiger partial charge in [0.25, 0.3) is 0 Å². The standard InChI is InChI=1S/C21H23N5O/c27-21(15-24-10-7-17-3-1-2-4-19(17)24)26-13-16-5-6-18(26)14-25(12-16)20-11-22-8-9-23-20/h1-4,7-11,16,18H,5-6,12-15H2. The Kier molecular flexibility index (Phi) is 4.03. The number of para-hydroxylation sites is 1. The van der Waals surface area contributed by atoms with Crippen molar-refractivity contribution >= 4 is 22.6 Å². The van der Waals surface area contributed by atoms with E-state index in [0.717, 1.165) is 37.4 Å². The predicted octanol–water partition coefficient (Wildman–Crippen LogP) is 2.56. The molecule has 0 radical (unpaired) electrons. The van der Waals surface area contributed by atoms with E-state index >= 15 is 0 Å². The first-order valence-electron chi connectivity index (χ1n) is 9.62. The van der Waals surface area contributed by atoms with Gasteiger partial charge in [0.15, 0.2) is 0 Å². The van der Waals surface area contributed by atoms with Gasteiger partial charge in [-0.25, -0.2) is 4.98 Å². The van der Waals surface area contributed by atoms with Gasteiger partial charge in [0.05, 0.1) is 6.20 Å². The second-order valence-electron chi connectivity index (χ2n) is 7.61. The van der Waals surface area contributed by atoms with E-state index in [4.69, 9.17) is 0 Å². The minimum absolute atomic E-state index is 0.215. The summed E-state index contributed by atoms with van der Waals surface area (Å²) < 4.78 is 2.07. The average molecular weight is 361 g/mol. The monoisotopic (exact) mass is 361 g/mol. The number of hydrogen-bond acceptors (Lipinski definition) is 4. The summed E-state index contributed by atoms with van der Waals surface area (Å²) in [6.45, 7) is 3.04. The number of carbonyl (C=O) groups excluding carboxylic acids is 1. The molecule has 3 aliphatic rings. The van der Waals surface area contributed by atoms with Crippen molar-refractivity contribution in [3.63, 3.8) is 0 Å². The molecule has 3 aromatic rings. The molecule has 2 bridgehead atoms. The van der Waals surface area contributed by atoms with Crippen LogP contribution >= 0.6 is 0 Å². The maximum absolute atomic E-state index is 13.2. The highest BCUT2D eigenvalue weighted by molar-refractivity contribution is 5.83. The molecule has 2 atom stereocenters. The Morgan fingerprint density at radius 3 is 2.89 bits per heavy atom. The first-order chi connectivity index (χ1) is 13.3. The molecule has 27 heavy (non-hydrogen) atoms. The highest BCUT2D eigenvalue weighted by Crippen LogP contribution is 2.30. The zero-order chi connectivity index (χ0) is 18.2. The van der Waals surface area contributed by atoms with Crippen LogP contribution in [0, 0.1) is 5.92 Å². The summed E-state index contributed by atoms with van der Waals surface area (Å²) in [5, 5.41) is 1.18. The molecule has 6 rings (SSSR count). The number of aromatic nitrogens is 3. The van der Waals surface area contributed by atoms with Crippen molar-refractivity contribution in [3.05, 3.63) is 55.1 Å². The largest absolute Gasteiger partial charge is 0.353 e. The van der Waals surface area contributed by atoms with E-state index in [0.29, 0.717) is 12.5 Å². The lowest BCUT2D eigenvalue weighted by atomic mass is 9.95. The molecule has 138 valence electrons. The second-order valence-corrected chi connectivity index (χ2v) is 7.61. The van der Waals surface area contributed by atoms with Gasteiger partial charge in [0, 0.05) is 49.8 Å². The van der Waals surface area contributed by atoms with Crippen molar-refractivity contribution in [2.75, 3.05) is 24.5 Å². The quantitative estimate of drug-likeness (QED) is 0.719. The molecule has 2 unspecified atom stereocenters. The summed E-state index contributed by atoms with van der Waals surface area (Å²) in [4.78, 5) is 26.2. The summed E-state index contributed by atoms with van der Waals surface area (Å²) in [5.41, 5.74) is 1.12. The summed E-state index contributed by atoms with van der Waals surface area (Å²) in [5.74, 6) is 1.63. The number of piperidine rings is 1. The molecule has 0 aliphatic carbocycles. The number of anilines is 1. The van der Waals surface area contributed by atoms with Gasteiger partial charge in [0.1, 0.15) is 12.4 Å². The molecular weight excluding hydrogens is 338 g/mol. The molecule has 2 aromatic heterocycles. The lowest BCUT2D eigenvalue weighted by Crippen LogP contribution is -2.48. The average Bonchev–Trinajstić information content (AvgIpc) is 2.89. The SMILES string of the molecule is O=C(Cn1ccc2ccccc21)N1CC2CCC1CN(c1cnccn1)C2. The first kappa shape index (κ1) is 16.3. The summed E-state index contributed by atoms with van der Waals surface area (Å²) >= 11 is 0. The molecule has 6 heteroatoms. The number of nitrogens with zero attached hydrogens (tertiary/aromatic N) is 5. The van der Waals surface area contributed by atoms with Crippen LogP contribution in [0.3, 0.4) is 0 Å². The van der Waals surface area contributed by atoms with Crippen LogP contribution in [0.5, 0.6) is 0 Å². The maximum atomic E-state index is 13.2. The fraction of sp³-hybridized carbons (Fsp3) is 0.381. The minimum atomic E-state index is 0.215. The zero-order valence-corrected chi connectivity index (χ0v) is 15.2. The Hall–Kier alpha value is -2.89. The lowest BCUT2D eigenvalue weighted by Gasteiger charge is -2.36. The smallest absolute Gasteiger partial charge is 0.242 e. The van der Waals surface area contributed by atoms with Gasteiger partial charge in [-0.3, -0.25) is 9.78 Å².